The molecule has 2 fully saturated rings. The number of rotatable bonds is 5. The van der Waals surface area contributed by atoms with Gasteiger partial charge < -0.3 is 9.64 Å². The van der Waals surface area contributed by atoms with Crippen molar-refractivity contribution in [1.82, 2.24) is 14.8 Å². The van der Waals surface area contributed by atoms with Gasteiger partial charge in [-0.05, 0) is 42.0 Å². The third kappa shape index (κ3) is 4.75. The Hall–Kier alpha value is -3.44. The summed E-state index contributed by atoms with van der Waals surface area (Å²) < 4.78 is 5.43. The van der Waals surface area contributed by atoms with Crippen LogP contribution >= 0.6 is 0 Å². The molecule has 178 valence electrons. The van der Waals surface area contributed by atoms with Gasteiger partial charge >= 0.3 is 0 Å². The van der Waals surface area contributed by atoms with E-state index in [1.165, 1.54) is 4.90 Å². The molecular weight excluding hydrogens is 430 g/mol. The number of amides is 2. The lowest BCUT2D eigenvalue weighted by atomic mass is 9.87. The van der Waals surface area contributed by atoms with Crippen molar-refractivity contribution in [3.63, 3.8) is 0 Å². The molecular formula is C26H31N5O3. The van der Waals surface area contributed by atoms with Gasteiger partial charge in [0, 0.05) is 36.7 Å². The molecule has 4 rings (SSSR count). The lowest BCUT2D eigenvalue weighted by Gasteiger charge is -2.36. The number of aromatic nitrogens is 1. The Labute approximate surface area is 200 Å². The molecule has 1 unspecified atom stereocenters. The fourth-order valence-corrected chi connectivity index (χ4v) is 4.53. The van der Waals surface area contributed by atoms with Crippen LogP contribution in [0.2, 0.25) is 0 Å². The first-order valence-electron chi connectivity index (χ1n) is 11.7. The average molecular weight is 462 g/mol. The molecule has 2 aliphatic rings. The van der Waals surface area contributed by atoms with E-state index in [2.05, 4.69) is 31.9 Å². The summed E-state index contributed by atoms with van der Waals surface area (Å²) in [5.74, 6) is -0.481. The first-order valence-corrected chi connectivity index (χ1v) is 11.7. The van der Waals surface area contributed by atoms with Crippen LogP contribution in [-0.4, -0.2) is 59.1 Å². The van der Waals surface area contributed by atoms with Gasteiger partial charge in [0.25, 0.3) is 11.8 Å². The van der Waals surface area contributed by atoms with Crippen LogP contribution in [0.25, 0.3) is 0 Å². The van der Waals surface area contributed by atoms with E-state index in [0.717, 1.165) is 12.0 Å². The number of carbonyl (C=O) groups excluding carboxylic acids is 2. The number of carbonyl (C=O) groups is 2. The van der Waals surface area contributed by atoms with E-state index in [1.807, 2.05) is 30.3 Å². The zero-order valence-corrected chi connectivity index (χ0v) is 20.0. The number of likely N-dealkylation sites (tertiary alicyclic amines) is 1. The Balaban J connectivity index is 1.82. The molecule has 2 atom stereocenters. The van der Waals surface area contributed by atoms with Gasteiger partial charge in [0.2, 0.25) is 0 Å². The monoisotopic (exact) mass is 461 g/mol. The molecule has 0 bridgehead atoms. The molecule has 3 heterocycles. The van der Waals surface area contributed by atoms with E-state index >= 15 is 0 Å². The second-order valence-corrected chi connectivity index (χ2v) is 9.78. The SMILES string of the molecule is CC(C)(C)c1ccc(N(C(=O)[C@H]2CCCN2C#N)C(C(=O)N2CCOC2)c2cccnc2)cc1. The number of ether oxygens (including phenoxy) is 1. The highest BCUT2D eigenvalue weighted by molar-refractivity contribution is 6.04. The number of benzene rings is 1. The van der Waals surface area contributed by atoms with Gasteiger partial charge in [-0.25, -0.2) is 0 Å². The molecule has 1 aromatic carbocycles. The van der Waals surface area contributed by atoms with Gasteiger partial charge in [-0.15, -0.1) is 0 Å². The summed E-state index contributed by atoms with van der Waals surface area (Å²) in [7, 11) is 0. The predicted octanol–water partition coefficient (Wildman–Crippen LogP) is 3.22. The van der Waals surface area contributed by atoms with E-state index in [9.17, 15) is 14.9 Å². The number of hydrogen-bond acceptors (Lipinski definition) is 6. The number of hydrogen-bond donors (Lipinski definition) is 0. The van der Waals surface area contributed by atoms with E-state index < -0.39 is 12.1 Å². The van der Waals surface area contributed by atoms with Gasteiger partial charge in [-0.2, -0.15) is 5.26 Å². The molecule has 0 saturated carbocycles. The molecule has 2 aromatic rings. The maximum Gasteiger partial charge on any atom is 0.252 e. The van der Waals surface area contributed by atoms with Gasteiger partial charge in [0.05, 0.1) is 6.61 Å². The molecule has 1 aromatic heterocycles. The van der Waals surface area contributed by atoms with Crippen molar-refractivity contribution in [3.8, 4) is 6.19 Å². The van der Waals surface area contributed by atoms with Gasteiger partial charge in [-0.3, -0.25) is 24.4 Å². The Bertz CT molecular complexity index is 1050. The topological polar surface area (TPSA) is 89.8 Å². The van der Waals surface area contributed by atoms with Crippen LogP contribution in [0.3, 0.4) is 0 Å². The van der Waals surface area contributed by atoms with Crippen molar-refractivity contribution in [2.75, 3.05) is 31.3 Å². The van der Waals surface area contributed by atoms with Crippen LogP contribution in [0.5, 0.6) is 0 Å². The lowest BCUT2D eigenvalue weighted by Crippen LogP contribution is -2.50. The lowest BCUT2D eigenvalue weighted by molar-refractivity contribution is -0.135. The minimum Gasteiger partial charge on any atom is -0.359 e. The zero-order valence-electron chi connectivity index (χ0n) is 20.0. The predicted molar refractivity (Wildman–Crippen MR) is 127 cm³/mol. The van der Waals surface area contributed by atoms with Crippen molar-refractivity contribution >= 4 is 17.5 Å². The quantitative estimate of drug-likeness (QED) is 0.635. The molecule has 2 amide bonds. The van der Waals surface area contributed by atoms with Crippen molar-refractivity contribution in [1.29, 1.82) is 5.26 Å². The second kappa shape index (κ2) is 9.82. The highest BCUT2D eigenvalue weighted by Gasteiger charge is 2.42. The Morgan fingerprint density at radius 1 is 1.21 bits per heavy atom. The first kappa shape index (κ1) is 23.7. The first-order chi connectivity index (χ1) is 16.3. The zero-order chi connectivity index (χ0) is 24.3. The Kier molecular flexibility index (Phi) is 6.85. The molecule has 34 heavy (non-hydrogen) atoms. The summed E-state index contributed by atoms with van der Waals surface area (Å²) in [6.45, 7) is 8.04. The summed E-state index contributed by atoms with van der Waals surface area (Å²) in [6.07, 6.45) is 6.75. The van der Waals surface area contributed by atoms with Gasteiger partial charge in [-0.1, -0.05) is 39.0 Å². The highest BCUT2D eigenvalue weighted by atomic mass is 16.5. The summed E-state index contributed by atoms with van der Waals surface area (Å²) >= 11 is 0. The van der Waals surface area contributed by atoms with E-state index in [-0.39, 0.29) is 24.0 Å². The summed E-state index contributed by atoms with van der Waals surface area (Å²) in [5, 5.41) is 9.60. The van der Waals surface area contributed by atoms with Crippen molar-refractivity contribution < 1.29 is 14.3 Å². The second-order valence-electron chi connectivity index (χ2n) is 9.78. The number of pyridine rings is 1. The fourth-order valence-electron chi connectivity index (χ4n) is 4.53. The highest BCUT2D eigenvalue weighted by Crippen LogP contribution is 2.34. The molecule has 2 saturated heterocycles. The summed E-state index contributed by atoms with van der Waals surface area (Å²) in [6, 6.07) is 9.83. The Morgan fingerprint density at radius 2 is 1.97 bits per heavy atom. The largest absolute Gasteiger partial charge is 0.359 e. The number of anilines is 1. The minimum atomic E-state index is -0.912. The van der Waals surface area contributed by atoms with E-state index in [4.69, 9.17) is 4.74 Å². The molecule has 8 heteroatoms. The van der Waals surface area contributed by atoms with Crippen LogP contribution in [0.4, 0.5) is 5.69 Å². The molecule has 0 aliphatic carbocycles. The third-order valence-electron chi connectivity index (χ3n) is 6.47. The van der Waals surface area contributed by atoms with Crippen molar-refractivity contribution in [2.45, 2.75) is 51.1 Å². The molecule has 2 aliphatic heterocycles. The molecule has 0 spiro atoms. The van der Waals surface area contributed by atoms with E-state index in [1.54, 1.807) is 28.3 Å². The fraction of sp³-hybridized carbons (Fsp3) is 0.462. The Morgan fingerprint density at radius 3 is 2.56 bits per heavy atom. The van der Waals surface area contributed by atoms with Crippen LogP contribution < -0.4 is 4.90 Å². The van der Waals surface area contributed by atoms with Crippen LogP contribution in [0.15, 0.2) is 48.8 Å². The molecule has 0 N–H and O–H groups in total. The van der Waals surface area contributed by atoms with Gasteiger partial charge in [0.1, 0.15) is 18.8 Å². The standard InChI is InChI=1S/C26H31N5O3/c1-26(2,3)20-8-10-21(11-9-20)31(24(32)22-7-5-13-29(22)17-27)23(19-6-4-12-28-16-19)25(33)30-14-15-34-18-30/h4,6,8-12,16,22-23H,5,7,13-15,18H2,1-3H3/t22-,23?/m1/s1. The van der Waals surface area contributed by atoms with Crippen molar-refractivity contribution in [2.24, 2.45) is 0 Å². The van der Waals surface area contributed by atoms with Crippen LogP contribution in [-0.2, 0) is 19.7 Å². The summed E-state index contributed by atoms with van der Waals surface area (Å²) in [5.41, 5.74) is 2.31. The molecule has 8 nitrogen and oxygen atoms in total. The number of nitriles is 1. The maximum absolute atomic E-state index is 14.0. The minimum absolute atomic E-state index is 0.0537. The van der Waals surface area contributed by atoms with Crippen molar-refractivity contribution in [3.05, 3.63) is 59.9 Å². The van der Waals surface area contributed by atoms with Crippen LogP contribution in [0, 0.1) is 11.5 Å². The molecule has 0 radical (unpaired) electrons. The maximum atomic E-state index is 14.0. The average Bonchev–Trinajstić information content (AvgIpc) is 3.54. The normalized spacial score (nSPS) is 19.1. The van der Waals surface area contributed by atoms with Crippen LogP contribution in [0.1, 0.15) is 50.8 Å². The van der Waals surface area contributed by atoms with Gasteiger partial charge in [0.15, 0.2) is 6.19 Å². The summed E-state index contributed by atoms with van der Waals surface area (Å²) in [4.78, 5) is 36.8. The third-order valence-corrected chi connectivity index (χ3v) is 6.47. The number of nitrogens with zero attached hydrogens (tertiary/aromatic N) is 5. The van der Waals surface area contributed by atoms with E-state index in [0.29, 0.717) is 37.4 Å². The smallest absolute Gasteiger partial charge is 0.252 e.